The maximum Gasteiger partial charge on any atom is 0.261 e. The third-order valence-corrected chi connectivity index (χ3v) is 6.00. The molecule has 164 valence electrons. The van der Waals surface area contributed by atoms with Gasteiger partial charge < -0.3 is 4.57 Å². The number of pyridine rings is 1. The first-order valence-corrected chi connectivity index (χ1v) is 11.2. The largest absolute Gasteiger partial charge is 0.308 e. The van der Waals surface area contributed by atoms with E-state index in [2.05, 4.69) is 13.0 Å². The number of rotatable bonds is 5. The van der Waals surface area contributed by atoms with E-state index in [0.29, 0.717) is 35.4 Å². The zero-order valence-corrected chi connectivity index (χ0v) is 18.8. The van der Waals surface area contributed by atoms with Crippen LogP contribution in [0.25, 0.3) is 33.2 Å². The second-order valence-electron chi connectivity index (χ2n) is 8.40. The molecular formula is C28H25N3O2. The summed E-state index contributed by atoms with van der Waals surface area (Å²) in [5.41, 5.74) is 4.06. The van der Waals surface area contributed by atoms with Crippen LogP contribution in [0.1, 0.15) is 24.5 Å². The summed E-state index contributed by atoms with van der Waals surface area (Å²) in [6.07, 6.45) is 0.856. The minimum atomic E-state index is -0.113. The molecule has 0 unspecified atom stereocenters. The molecule has 0 fully saturated rings. The fraction of sp³-hybridized carbons (Fsp3) is 0.179. The van der Waals surface area contributed by atoms with E-state index in [1.807, 2.05) is 67.6 Å². The Morgan fingerprint density at radius 1 is 0.818 bits per heavy atom. The second-order valence-corrected chi connectivity index (χ2v) is 8.40. The molecule has 5 nitrogen and oxygen atoms in total. The molecule has 0 aliphatic rings. The number of hydrogen-bond acceptors (Lipinski definition) is 3. The Balaban J connectivity index is 1.88. The van der Waals surface area contributed by atoms with Crippen molar-refractivity contribution in [2.75, 3.05) is 0 Å². The monoisotopic (exact) mass is 435 g/mol. The lowest BCUT2D eigenvalue weighted by molar-refractivity contribution is 0.678. The molecule has 0 saturated heterocycles. The normalized spacial score (nSPS) is 11.3. The molecule has 0 aliphatic carbocycles. The van der Waals surface area contributed by atoms with E-state index in [0.717, 1.165) is 28.5 Å². The van der Waals surface area contributed by atoms with Gasteiger partial charge in [0.25, 0.3) is 11.1 Å². The van der Waals surface area contributed by atoms with E-state index in [4.69, 9.17) is 4.98 Å². The number of para-hydroxylation sites is 1. The Bertz CT molecular complexity index is 1600. The summed E-state index contributed by atoms with van der Waals surface area (Å²) >= 11 is 0. The highest BCUT2D eigenvalue weighted by atomic mass is 16.1. The van der Waals surface area contributed by atoms with Crippen molar-refractivity contribution in [2.24, 2.45) is 0 Å². The minimum absolute atomic E-state index is 0.0862. The molecular weight excluding hydrogens is 410 g/mol. The van der Waals surface area contributed by atoms with Gasteiger partial charge in [-0.05, 0) is 43.2 Å². The van der Waals surface area contributed by atoms with E-state index < -0.39 is 0 Å². The minimum Gasteiger partial charge on any atom is -0.308 e. The van der Waals surface area contributed by atoms with Crippen LogP contribution in [0, 0.1) is 6.92 Å². The van der Waals surface area contributed by atoms with Crippen LogP contribution in [0.4, 0.5) is 0 Å². The fourth-order valence-electron chi connectivity index (χ4n) is 4.42. The van der Waals surface area contributed by atoms with Crippen molar-refractivity contribution in [3.63, 3.8) is 0 Å². The van der Waals surface area contributed by atoms with Crippen molar-refractivity contribution in [3.05, 3.63) is 111 Å². The van der Waals surface area contributed by atoms with E-state index in [1.54, 1.807) is 21.3 Å². The molecule has 0 bridgehead atoms. The smallest absolute Gasteiger partial charge is 0.261 e. The predicted molar refractivity (Wildman–Crippen MR) is 134 cm³/mol. The molecule has 2 heterocycles. The molecule has 0 N–H and O–H groups in total. The Morgan fingerprint density at radius 2 is 1.58 bits per heavy atom. The molecule has 5 heteroatoms. The van der Waals surface area contributed by atoms with Gasteiger partial charge in [0, 0.05) is 23.6 Å². The van der Waals surface area contributed by atoms with Gasteiger partial charge in [-0.3, -0.25) is 14.2 Å². The quantitative estimate of drug-likeness (QED) is 0.384. The van der Waals surface area contributed by atoms with Gasteiger partial charge in [-0.25, -0.2) is 4.98 Å². The van der Waals surface area contributed by atoms with Gasteiger partial charge in [0.2, 0.25) is 0 Å². The summed E-state index contributed by atoms with van der Waals surface area (Å²) in [5, 5.41) is 1.49. The van der Waals surface area contributed by atoms with Gasteiger partial charge in [0.1, 0.15) is 5.82 Å². The van der Waals surface area contributed by atoms with Gasteiger partial charge in [-0.2, -0.15) is 0 Å². The fourth-order valence-corrected chi connectivity index (χ4v) is 4.42. The lowest BCUT2D eigenvalue weighted by Crippen LogP contribution is -2.26. The number of benzene rings is 3. The number of hydrogen-bond donors (Lipinski definition) is 0. The lowest BCUT2D eigenvalue weighted by Gasteiger charge is -2.17. The Hall–Kier alpha value is -3.99. The third kappa shape index (κ3) is 3.76. The summed E-state index contributed by atoms with van der Waals surface area (Å²) < 4.78 is 3.50. The first-order valence-electron chi connectivity index (χ1n) is 11.2. The average molecular weight is 436 g/mol. The van der Waals surface area contributed by atoms with Crippen LogP contribution in [-0.2, 0) is 13.1 Å². The van der Waals surface area contributed by atoms with Gasteiger partial charge in [0.05, 0.1) is 23.0 Å². The third-order valence-electron chi connectivity index (χ3n) is 6.00. The van der Waals surface area contributed by atoms with Crippen LogP contribution >= 0.6 is 0 Å². The van der Waals surface area contributed by atoms with E-state index in [-0.39, 0.29) is 11.1 Å². The highest BCUT2D eigenvalue weighted by Gasteiger charge is 2.18. The predicted octanol–water partition coefficient (Wildman–Crippen LogP) is 5.15. The summed E-state index contributed by atoms with van der Waals surface area (Å²) in [6, 6.07) is 24.9. The van der Waals surface area contributed by atoms with Crippen molar-refractivity contribution in [1.82, 2.24) is 14.1 Å². The van der Waals surface area contributed by atoms with E-state index in [1.165, 1.54) is 0 Å². The van der Waals surface area contributed by atoms with Gasteiger partial charge >= 0.3 is 0 Å². The van der Waals surface area contributed by atoms with Crippen molar-refractivity contribution in [3.8, 4) is 11.4 Å². The van der Waals surface area contributed by atoms with Crippen LogP contribution in [0.2, 0.25) is 0 Å². The zero-order chi connectivity index (χ0) is 22.9. The Morgan fingerprint density at radius 3 is 2.36 bits per heavy atom. The zero-order valence-electron chi connectivity index (χ0n) is 18.8. The maximum absolute atomic E-state index is 13.6. The molecule has 0 atom stereocenters. The van der Waals surface area contributed by atoms with Crippen LogP contribution in [-0.4, -0.2) is 14.1 Å². The van der Waals surface area contributed by atoms with Gasteiger partial charge in [0.15, 0.2) is 0 Å². The molecule has 0 amide bonds. The molecule has 0 spiro atoms. The number of nitrogens with zero attached hydrogens (tertiary/aromatic N) is 3. The molecule has 33 heavy (non-hydrogen) atoms. The van der Waals surface area contributed by atoms with Crippen molar-refractivity contribution in [2.45, 2.75) is 33.4 Å². The van der Waals surface area contributed by atoms with Crippen molar-refractivity contribution >= 4 is 21.8 Å². The number of fused-ring (bicyclic) bond motifs is 2. The van der Waals surface area contributed by atoms with E-state index in [9.17, 15) is 9.59 Å². The first kappa shape index (κ1) is 20.9. The van der Waals surface area contributed by atoms with E-state index >= 15 is 0 Å². The number of aromatic nitrogens is 3. The molecule has 0 aliphatic heterocycles. The average Bonchev–Trinajstić information content (AvgIpc) is 2.83. The highest BCUT2D eigenvalue weighted by molar-refractivity contribution is 5.94. The summed E-state index contributed by atoms with van der Waals surface area (Å²) in [5.74, 6) is 0.513. The van der Waals surface area contributed by atoms with Gasteiger partial charge in [-0.15, -0.1) is 0 Å². The molecule has 0 radical (unpaired) electrons. The Labute approximate surface area is 191 Å². The van der Waals surface area contributed by atoms with Crippen molar-refractivity contribution < 1.29 is 0 Å². The highest BCUT2D eigenvalue weighted by Crippen LogP contribution is 2.28. The SMILES string of the molecule is CCCn1c(=O)cc(-c2nc3ccccc3c(=O)n2Cc2ccccc2)c2cc(C)ccc21. The van der Waals surface area contributed by atoms with Crippen LogP contribution in [0.15, 0.2) is 88.5 Å². The standard InChI is InChI=1S/C28H25N3O2/c1-3-15-30-25-14-13-19(2)16-22(25)23(17-26(30)32)27-29-24-12-8-7-11-21(24)28(33)31(27)18-20-9-5-4-6-10-20/h4-14,16-17H,3,15,18H2,1-2H3. The lowest BCUT2D eigenvalue weighted by atomic mass is 10.0. The van der Waals surface area contributed by atoms with Crippen LogP contribution < -0.4 is 11.1 Å². The summed E-state index contributed by atoms with van der Waals surface area (Å²) in [6.45, 7) is 5.10. The second kappa shape index (κ2) is 8.51. The molecule has 3 aromatic carbocycles. The molecule has 2 aromatic heterocycles. The van der Waals surface area contributed by atoms with Crippen LogP contribution in [0.5, 0.6) is 0 Å². The van der Waals surface area contributed by atoms with Crippen LogP contribution in [0.3, 0.4) is 0 Å². The van der Waals surface area contributed by atoms with Crippen molar-refractivity contribution in [1.29, 1.82) is 0 Å². The summed E-state index contributed by atoms with van der Waals surface area (Å²) in [4.78, 5) is 31.7. The molecule has 0 saturated carbocycles. The van der Waals surface area contributed by atoms with Gasteiger partial charge in [-0.1, -0.05) is 61.0 Å². The molecule has 5 rings (SSSR count). The topological polar surface area (TPSA) is 56.9 Å². The number of aryl methyl sites for hydroxylation is 2. The first-order chi connectivity index (χ1) is 16.1. The molecule has 5 aromatic rings. The Kier molecular flexibility index (Phi) is 5.38. The maximum atomic E-state index is 13.6. The summed E-state index contributed by atoms with van der Waals surface area (Å²) in [7, 11) is 0.